The van der Waals surface area contributed by atoms with Crippen LogP contribution in [0.15, 0.2) is 36.4 Å². The van der Waals surface area contributed by atoms with Gasteiger partial charge in [0, 0.05) is 18.3 Å². The predicted molar refractivity (Wildman–Crippen MR) is 73.8 cm³/mol. The molecule has 2 aromatic rings. The molecule has 0 aliphatic heterocycles. The first-order valence-corrected chi connectivity index (χ1v) is 6.35. The number of halogens is 1. The number of benzene rings is 1. The molecule has 2 rings (SSSR count). The monoisotopic (exact) mass is 276 g/mol. The molecule has 0 aliphatic carbocycles. The highest BCUT2D eigenvalue weighted by molar-refractivity contribution is 5.87. The summed E-state index contributed by atoms with van der Waals surface area (Å²) in [4.78, 5) is 14.3. The van der Waals surface area contributed by atoms with Crippen molar-refractivity contribution in [3.8, 4) is 0 Å². The smallest absolute Gasteiger partial charge is 0.354 e. The minimum absolute atomic E-state index is 0.00979. The molecule has 0 fully saturated rings. The van der Waals surface area contributed by atoms with Crippen LogP contribution >= 0.6 is 0 Å². The second-order valence-corrected chi connectivity index (χ2v) is 4.55. The van der Waals surface area contributed by atoms with E-state index in [1.807, 2.05) is 19.1 Å². The highest BCUT2D eigenvalue weighted by atomic mass is 19.1. The SMILES string of the molecule is COC(=O)c1ccc(CNC(C)c2cccc(F)c2)[nH]1. The number of esters is 1. The number of nitrogens with one attached hydrogen (secondary N) is 2. The number of aromatic amines is 1. The van der Waals surface area contributed by atoms with Gasteiger partial charge in [-0.1, -0.05) is 12.1 Å². The van der Waals surface area contributed by atoms with Crippen LogP contribution in [0.3, 0.4) is 0 Å². The molecular formula is C15H17FN2O2. The summed E-state index contributed by atoms with van der Waals surface area (Å²) in [5.74, 6) is -0.640. The fourth-order valence-electron chi connectivity index (χ4n) is 1.93. The van der Waals surface area contributed by atoms with Crippen LogP contribution in [0.5, 0.6) is 0 Å². The maximum Gasteiger partial charge on any atom is 0.354 e. The molecule has 0 saturated carbocycles. The van der Waals surface area contributed by atoms with Gasteiger partial charge in [-0.05, 0) is 36.8 Å². The minimum Gasteiger partial charge on any atom is -0.464 e. The van der Waals surface area contributed by atoms with Crippen LogP contribution in [-0.4, -0.2) is 18.1 Å². The summed E-state index contributed by atoms with van der Waals surface area (Å²) in [7, 11) is 1.34. The number of aromatic nitrogens is 1. The second-order valence-electron chi connectivity index (χ2n) is 4.55. The van der Waals surface area contributed by atoms with E-state index in [1.54, 1.807) is 12.1 Å². The van der Waals surface area contributed by atoms with E-state index < -0.39 is 5.97 Å². The van der Waals surface area contributed by atoms with Crippen molar-refractivity contribution in [1.29, 1.82) is 0 Å². The quantitative estimate of drug-likeness (QED) is 0.826. The Balaban J connectivity index is 1.95. The summed E-state index contributed by atoms with van der Waals surface area (Å²) >= 11 is 0. The van der Waals surface area contributed by atoms with Crippen molar-refractivity contribution in [3.63, 3.8) is 0 Å². The van der Waals surface area contributed by atoms with E-state index in [0.29, 0.717) is 12.2 Å². The van der Waals surface area contributed by atoms with Gasteiger partial charge in [0.2, 0.25) is 0 Å². The average molecular weight is 276 g/mol. The fraction of sp³-hybridized carbons (Fsp3) is 0.267. The average Bonchev–Trinajstić information content (AvgIpc) is 2.92. The Bertz CT molecular complexity index is 595. The number of H-pyrrole nitrogens is 1. The first-order chi connectivity index (χ1) is 9.60. The van der Waals surface area contributed by atoms with Crippen LogP contribution in [0.4, 0.5) is 4.39 Å². The molecule has 1 unspecified atom stereocenters. The number of hydrogen-bond donors (Lipinski definition) is 2. The molecule has 0 saturated heterocycles. The van der Waals surface area contributed by atoms with Gasteiger partial charge in [0.15, 0.2) is 0 Å². The van der Waals surface area contributed by atoms with Gasteiger partial charge >= 0.3 is 5.97 Å². The standard InChI is InChI=1S/C15H17FN2O2/c1-10(11-4-3-5-12(16)8-11)17-9-13-6-7-14(18-13)15(19)20-2/h3-8,10,17-18H,9H2,1-2H3. The second kappa shape index (κ2) is 6.34. The van der Waals surface area contributed by atoms with Gasteiger partial charge in [-0.25, -0.2) is 9.18 Å². The normalized spacial score (nSPS) is 12.2. The number of hydrogen-bond acceptors (Lipinski definition) is 3. The summed E-state index contributed by atoms with van der Waals surface area (Å²) in [5.41, 5.74) is 2.17. The summed E-state index contributed by atoms with van der Waals surface area (Å²) in [6, 6.07) is 9.99. The van der Waals surface area contributed by atoms with E-state index in [2.05, 4.69) is 15.0 Å². The lowest BCUT2D eigenvalue weighted by molar-refractivity contribution is 0.0594. The van der Waals surface area contributed by atoms with Gasteiger partial charge in [-0.15, -0.1) is 0 Å². The van der Waals surface area contributed by atoms with Crippen molar-refractivity contribution in [2.45, 2.75) is 19.5 Å². The number of carbonyl (C=O) groups is 1. The van der Waals surface area contributed by atoms with Gasteiger partial charge in [0.25, 0.3) is 0 Å². The third-order valence-corrected chi connectivity index (χ3v) is 3.10. The lowest BCUT2D eigenvalue weighted by atomic mass is 10.1. The zero-order valence-corrected chi connectivity index (χ0v) is 11.4. The molecule has 2 N–H and O–H groups in total. The Morgan fingerprint density at radius 3 is 2.90 bits per heavy atom. The van der Waals surface area contributed by atoms with Crippen molar-refractivity contribution in [2.24, 2.45) is 0 Å². The Morgan fingerprint density at radius 2 is 2.20 bits per heavy atom. The van der Waals surface area contributed by atoms with Gasteiger partial charge in [0.1, 0.15) is 11.5 Å². The van der Waals surface area contributed by atoms with Gasteiger partial charge < -0.3 is 15.0 Å². The van der Waals surface area contributed by atoms with Crippen molar-refractivity contribution >= 4 is 5.97 Å². The van der Waals surface area contributed by atoms with Crippen LogP contribution in [0.1, 0.15) is 34.7 Å². The van der Waals surface area contributed by atoms with Crippen molar-refractivity contribution < 1.29 is 13.9 Å². The van der Waals surface area contributed by atoms with Crippen LogP contribution in [0.25, 0.3) is 0 Å². The molecule has 0 radical (unpaired) electrons. The van der Waals surface area contributed by atoms with Crippen LogP contribution < -0.4 is 5.32 Å². The lowest BCUT2D eigenvalue weighted by Crippen LogP contribution is -2.18. The largest absolute Gasteiger partial charge is 0.464 e. The van der Waals surface area contributed by atoms with Crippen molar-refractivity contribution in [1.82, 2.24) is 10.3 Å². The lowest BCUT2D eigenvalue weighted by Gasteiger charge is -2.13. The first-order valence-electron chi connectivity index (χ1n) is 6.35. The van der Waals surface area contributed by atoms with Crippen molar-refractivity contribution in [2.75, 3.05) is 7.11 Å². The zero-order valence-electron chi connectivity index (χ0n) is 11.4. The molecule has 1 aromatic heterocycles. The predicted octanol–water partition coefficient (Wildman–Crippen LogP) is 2.79. The van der Waals surface area contributed by atoms with E-state index in [4.69, 9.17) is 0 Å². The molecular weight excluding hydrogens is 259 g/mol. The molecule has 0 aliphatic rings. The summed E-state index contributed by atoms with van der Waals surface area (Å²) < 4.78 is 17.8. The van der Waals surface area contributed by atoms with Crippen LogP contribution in [0, 0.1) is 5.82 Å². The molecule has 106 valence electrons. The van der Waals surface area contributed by atoms with Crippen LogP contribution in [0.2, 0.25) is 0 Å². The van der Waals surface area contributed by atoms with Gasteiger partial charge in [-0.3, -0.25) is 0 Å². The Labute approximate surface area is 117 Å². The molecule has 4 nitrogen and oxygen atoms in total. The van der Waals surface area contributed by atoms with Crippen molar-refractivity contribution in [3.05, 3.63) is 59.2 Å². The number of methoxy groups -OCH3 is 1. The number of carbonyl (C=O) groups excluding carboxylic acids is 1. The van der Waals surface area contributed by atoms with Gasteiger partial charge in [0.05, 0.1) is 7.11 Å². The molecule has 1 atom stereocenters. The minimum atomic E-state index is -0.394. The van der Waals surface area contributed by atoms with E-state index in [0.717, 1.165) is 11.3 Å². The molecule has 1 aromatic carbocycles. The first kappa shape index (κ1) is 14.3. The van der Waals surface area contributed by atoms with E-state index in [1.165, 1.54) is 19.2 Å². The van der Waals surface area contributed by atoms with Crippen LogP contribution in [-0.2, 0) is 11.3 Å². The summed E-state index contributed by atoms with van der Waals surface area (Å²) in [6.07, 6.45) is 0. The third kappa shape index (κ3) is 3.45. The Hall–Kier alpha value is -2.14. The van der Waals surface area contributed by atoms with E-state index in [-0.39, 0.29) is 11.9 Å². The number of ether oxygens (including phenoxy) is 1. The van der Waals surface area contributed by atoms with E-state index >= 15 is 0 Å². The zero-order chi connectivity index (χ0) is 14.5. The molecule has 20 heavy (non-hydrogen) atoms. The molecule has 1 heterocycles. The maximum atomic E-state index is 13.1. The fourth-order valence-corrected chi connectivity index (χ4v) is 1.93. The molecule has 5 heteroatoms. The van der Waals surface area contributed by atoms with Gasteiger partial charge in [-0.2, -0.15) is 0 Å². The summed E-state index contributed by atoms with van der Waals surface area (Å²) in [5, 5.41) is 3.26. The molecule has 0 amide bonds. The third-order valence-electron chi connectivity index (χ3n) is 3.10. The van der Waals surface area contributed by atoms with E-state index in [9.17, 15) is 9.18 Å². The maximum absolute atomic E-state index is 13.1. The highest BCUT2D eigenvalue weighted by Gasteiger charge is 2.09. The Morgan fingerprint density at radius 1 is 1.40 bits per heavy atom. The number of rotatable bonds is 5. The molecule has 0 spiro atoms. The highest BCUT2D eigenvalue weighted by Crippen LogP contribution is 2.14. The summed E-state index contributed by atoms with van der Waals surface area (Å²) in [6.45, 7) is 2.51. The molecule has 0 bridgehead atoms. The topological polar surface area (TPSA) is 54.1 Å². The Kier molecular flexibility index (Phi) is 4.53.